The van der Waals surface area contributed by atoms with Crippen molar-refractivity contribution < 1.29 is 4.43 Å². The molecule has 0 aliphatic rings. The van der Waals surface area contributed by atoms with Gasteiger partial charge in [0.05, 0.1) is 0 Å². The SMILES string of the molecule is CCCCCC[CH]CCCO[Si](C)(C)C(C)(C)C. The Balaban J connectivity index is 3.41. The van der Waals surface area contributed by atoms with Crippen LogP contribution in [0.15, 0.2) is 0 Å². The maximum atomic E-state index is 6.16. The van der Waals surface area contributed by atoms with E-state index < -0.39 is 8.32 Å². The van der Waals surface area contributed by atoms with Gasteiger partial charge in [-0.05, 0) is 37.4 Å². The molecule has 0 aromatic rings. The molecule has 1 nitrogen and oxygen atoms in total. The van der Waals surface area contributed by atoms with Gasteiger partial charge in [-0.1, -0.05) is 59.8 Å². The van der Waals surface area contributed by atoms with Gasteiger partial charge in [0.25, 0.3) is 0 Å². The number of unbranched alkanes of at least 4 members (excludes halogenated alkanes) is 7. The van der Waals surface area contributed by atoms with Gasteiger partial charge in [0.2, 0.25) is 0 Å². The van der Waals surface area contributed by atoms with Crippen LogP contribution in [0.3, 0.4) is 0 Å². The molecule has 0 spiro atoms. The molecule has 0 bridgehead atoms. The van der Waals surface area contributed by atoms with E-state index in [1.54, 1.807) is 0 Å². The Bertz CT molecular complexity index is 194. The molecule has 0 heterocycles. The van der Waals surface area contributed by atoms with Crippen molar-refractivity contribution in [2.75, 3.05) is 6.61 Å². The van der Waals surface area contributed by atoms with Gasteiger partial charge in [0, 0.05) is 6.61 Å². The molecule has 0 N–H and O–H groups in total. The maximum absolute atomic E-state index is 6.16. The lowest BCUT2D eigenvalue weighted by Crippen LogP contribution is -2.40. The molecule has 0 fully saturated rings. The number of hydrogen-bond donors (Lipinski definition) is 0. The third-order valence-electron chi connectivity index (χ3n) is 4.08. The summed E-state index contributed by atoms with van der Waals surface area (Å²) in [7, 11) is -1.50. The van der Waals surface area contributed by atoms with Gasteiger partial charge in [-0.15, -0.1) is 0 Å². The maximum Gasteiger partial charge on any atom is 0.191 e. The van der Waals surface area contributed by atoms with Gasteiger partial charge >= 0.3 is 0 Å². The molecule has 0 saturated carbocycles. The Hall–Kier alpha value is 0.177. The van der Waals surface area contributed by atoms with Crippen LogP contribution in [-0.2, 0) is 4.43 Å². The highest BCUT2D eigenvalue weighted by Crippen LogP contribution is 2.36. The molecule has 1 radical (unpaired) electrons. The van der Waals surface area contributed by atoms with Crippen LogP contribution < -0.4 is 0 Å². The van der Waals surface area contributed by atoms with E-state index in [2.05, 4.69) is 47.2 Å². The van der Waals surface area contributed by atoms with Crippen LogP contribution in [0.5, 0.6) is 0 Å². The molecule has 0 aromatic carbocycles. The zero-order valence-corrected chi connectivity index (χ0v) is 14.6. The van der Waals surface area contributed by atoms with Gasteiger partial charge in [-0.3, -0.25) is 0 Å². The molecular weight excluding hydrogens is 236 g/mol. The third-order valence-corrected chi connectivity index (χ3v) is 8.62. The van der Waals surface area contributed by atoms with Crippen LogP contribution in [-0.4, -0.2) is 14.9 Å². The second-order valence-electron chi connectivity index (χ2n) is 6.89. The summed E-state index contributed by atoms with van der Waals surface area (Å²) >= 11 is 0. The molecule has 0 unspecified atom stereocenters. The first kappa shape index (κ1) is 18.2. The van der Waals surface area contributed by atoms with Gasteiger partial charge < -0.3 is 4.43 Å². The zero-order valence-electron chi connectivity index (χ0n) is 13.6. The molecule has 0 aliphatic heterocycles. The van der Waals surface area contributed by atoms with Gasteiger partial charge in [0.1, 0.15) is 0 Å². The summed E-state index contributed by atoms with van der Waals surface area (Å²) in [5.74, 6) is 0. The van der Waals surface area contributed by atoms with Crippen LogP contribution in [0.2, 0.25) is 18.1 Å². The van der Waals surface area contributed by atoms with Crippen molar-refractivity contribution in [3.63, 3.8) is 0 Å². The van der Waals surface area contributed by atoms with Gasteiger partial charge in [0.15, 0.2) is 8.32 Å². The largest absolute Gasteiger partial charge is 0.417 e. The van der Waals surface area contributed by atoms with Crippen LogP contribution in [0.1, 0.15) is 72.6 Å². The molecule has 0 aromatic heterocycles. The molecule has 18 heavy (non-hydrogen) atoms. The first-order valence-corrected chi connectivity index (χ1v) is 10.7. The summed E-state index contributed by atoms with van der Waals surface area (Å²) in [5.41, 5.74) is 0. The Kier molecular flexibility index (Phi) is 9.23. The summed E-state index contributed by atoms with van der Waals surface area (Å²) in [6.07, 6.45) is 11.7. The minimum atomic E-state index is -1.50. The molecule has 0 amide bonds. The van der Waals surface area contributed by atoms with E-state index in [1.807, 2.05) is 0 Å². The van der Waals surface area contributed by atoms with Crippen molar-refractivity contribution in [3.05, 3.63) is 6.42 Å². The Morgan fingerprint density at radius 2 is 1.56 bits per heavy atom. The molecule has 2 heteroatoms. The standard InChI is InChI=1S/C16H35OSi/c1-7-8-9-10-11-12-13-14-15-17-18(5,6)16(2,3)4/h12H,7-11,13-15H2,1-6H3. The van der Waals surface area contributed by atoms with Gasteiger partial charge in [-0.2, -0.15) is 0 Å². The second kappa shape index (κ2) is 9.14. The van der Waals surface area contributed by atoms with Crippen LogP contribution in [0.4, 0.5) is 0 Å². The van der Waals surface area contributed by atoms with E-state index >= 15 is 0 Å². The first-order valence-electron chi connectivity index (χ1n) is 7.77. The predicted molar refractivity (Wildman–Crippen MR) is 85.4 cm³/mol. The molecular formula is C16H35OSi. The predicted octanol–water partition coefficient (Wildman–Crippen LogP) is 5.96. The number of rotatable bonds is 10. The van der Waals surface area contributed by atoms with E-state index in [9.17, 15) is 0 Å². The highest BCUT2D eigenvalue weighted by Gasteiger charge is 2.36. The van der Waals surface area contributed by atoms with Crippen molar-refractivity contribution in [2.24, 2.45) is 0 Å². The van der Waals surface area contributed by atoms with Crippen molar-refractivity contribution >= 4 is 8.32 Å². The summed E-state index contributed by atoms with van der Waals surface area (Å²) < 4.78 is 6.16. The van der Waals surface area contributed by atoms with Gasteiger partial charge in [-0.25, -0.2) is 0 Å². The first-order chi connectivity index (χ1) is 8.31. The highest BCUT2D eigenvalue weighted by atomic mass is 28.4. The Morgan fingerprint density at radius 1 is 0.944 bits per heavy atom. The molecule has 0 atom stereocenters. The zero-order chi connectivity index (χ0) is 14.1. The summed E-state index contributed by atoms with van der Waals surface area (Å²) in [6, 6.07) is 0. The highest BCUT2D eigenvalue weighted by molar-refractivity contribution is 6.74. The monoisotopic (exact) mass is 271 g/mol. The molecule has 0 rings (SSSR count). The van der Waals surface area contributed by atoms with Crippen molar-refractivity contribution in [2.45, 2.75) is 90.8 Å². The normalized spacial score (nSPS) is 13.0. The second-order valence-corrected chi connectivity index (χ2v) is 11.7. The fourth-order valence-corrected chi connectivity index (χ4v) is 2.72. The molecule has 109 valence electrons. The number of hydrogen-bond acceptors (Lipinski definition) is 1. The Morgan fingerprint density at radius 3 is 2.11 bits per heavy atom. The van der Waals surface area contributed by atoms with Crippen LogP contribution in [0, 0.1) is 6.42 Å². The Labute approximate surface area is 117 Å². The van der Waals surface area contributed by atoms with E-state index in [0.29, 0.717) is 5.04 Å². The van der Waals surface area contributed by atoms with Crippen molar-refractivity contribution in [3.8, 4) is 0 Å². The lowest BCUT2D eigenvalue weighted by Gasteiger charge is -2.36. The minimum Gasteiger partial charge on any atom is -0.417 e. The quantitative estimate of drug-likeness (QED) is 0.352. The molecule has 0 saturated heterocycles. The fourth-order valence-electron chi connectivity index (χ4n) is 1.63. The summed E-state index contributed by atoms with van der Waals surface area (Å²) in [6.45, 7) is 14.8. The lowest BCUT2D eigenvalue weighted by molar-refractivity contribution is 0.281. The minimum absolute atomic E-state index is 0.344. The van der Waals surface area contributed by atoms with E-state index in [-0.39, 0.29) is 0 Å². The lowest BCUT2D eigenvalue weighted by atomic mass is 10.1. The smallest absolute Gasteiger partial charge is 0.191 e. The van der Waals surface area contributed by atoms with Crippen LogP contribution in [0.25, 0.3) is 0 Å². The van der Waals surface area contributed by atoms with E-state index in [1.165, 1.54) is 44.9 Å². The topological polar surface area (TPSA) is 9.23 Å². The summed E-state index contributed by atoms with van der Waals surface area (Å²) in [5, 5.41) is 0.344. The van der Waals surface area contributed by atoms with E-state index in [0.717, 1.165) is 6.61 Å². The molecule has 0 aliphatic carbocycles. The van der Waals surface area contributed by atoms with E-state index in [4.69, 9.17) is 4.43 Å². The average Bonchev–Trinajstić information content (AvgIpc) is 2.25. The van der Waals surface area contributed by atoms with Crippen LogP contribution >= 0.6 is 0 Å². The third kappa shape index (κ3) is 8.31. The summed E-state index contributed by atoms with van der Waals surface area (Å²) in [4.78, 5) is 0. The van der Waals surface area contributed by atoms with Crippen molar-refractivity contribution in [1.82, 2.24) is 0 Å². The van der Waals surface area contributed by atoms with Crippen molar-refractivity contribution in [1.29, 1.82) is 0 Å². The average molecular weight is 272 g/mol. The fraction of sp³-hybridized carbons (Fsp3) is 0.938.